The Labute approximate surface area is 100 Å². The maximum absolute atomic E-state index is 12.8. The largest absolute Gasteiger partial charge is 0.383 e. The lowest BCUT2D eigenvalue weighted by Gasteiger charge is -2.12. The molecule has 94 valence electrons. The molecule has 0 saturated heterocycles. The molecule has 0 fully saturated rings. The molecule has 0 aromatic heterocycles. The number of hydrogen-bond donors (Lipinski definition) is 2. The average molecular weight is 240 g/mol. The Kier molecular flexibility index (Phi) is 5.59. The Morgan fingerprint density at radius 2 is 2.29 bits per heavy atom. The Hall–Kier alpha value is -1.46. The van der Waals surface area contributed by atoms with E-state index in [-0.39, 0.29) is 24.3 Å². The lowest BCUT2D eigenvalue weighted by molar-refractivity contribution is -0.115. The second kappa shape index (κ2) is 6.98. The third-order valence-corrected chi connectivity index (χ3v) is 2.14. The maximum Gasteiger partial charge on any atom is 0.238 e. The minimum atomic E-state index is -0.372. The fourth-order valence-corrected chi connectivity index (χ4v) is 1.35. The topological polar surface area (TPSA) is 50.4 Å². The molecule has 1 aromatic carbocycles. The summed E-state index contributed by atoms with van der Waals surface area (Å²) in [5.41, 5.74) is 0.455. The van der Waals surface area contributed by atoms with Crippen LogP contribution < -0.4 is 10.6 Å². The summed E-state index contributed by atoms with van der Waals surface area (Å²) in [6, 6.07) is 5.88. The summed E-state index contributed by atoms with van der Waals surface area (Å²) in [6.07, 6.45) is 0. The normalized spacial score (nSPS) is 12.2. The van der Waals surface area contributed by atoms with Crippen molar-refractivity contribution in [1.29, 1.82) is 0 Å². The van der Waals surface area contributed by atoms with E-state index in [9.17, 15) is 9.18 Å². The molecule has 17 heavy (non-hydrogen) atoms. The minimum absolute atomic E-state index is 0.0956. The zero-order chi connectivity index (χ0) is 12.7. The van der Waals surface area contributed by atoms with E-state index in [1.54, 1.807) is 19.2 Å². The van der Waals surface area contributed by atoms with Crippen molar-refractivity contribution in [3.8, 4) is 0 Å². The van der Waals surface area contributed by atoms with Crippen molar-refractivity contribution < 1.29 is 13.9 Å². The molecular formula is C12H17FN2O2. The molecule has 0 bridgehead atoms. The summed E-state index contributed by atoms with van der Waals surface area (Å²) in [7, 11) is 1.60. The molecule has 1 rings (SSSR count). The van der Waals surface area contributed by atoms with E-state index in [4.69, 9.17) is 4.74 Å². The number of amides is 1. The lowest BCUT2D eigenvalue weighted by atomic mass is 10.3. The SMILES string of the molecule is COCC(C)NCC(=O)Nc1cccc(F)c1. The zero-order valence-electron chi connectivity index (χ0n) is 10.00. The van der Waals surface area contributed by atoms with E-state index in [2.05, 4.69) is 10.6 Å². The minimum Gasteiger partial charge on any atom is -0.383 e. The molecule has 0 aliphatic rings. The number of hydrogen-bond acceptors (Lipinski definition) is 3. The molecule has 2 N–H and O–H groups in total. The Bertz CT molecular complexity index is 371. The number of methoxy groups -OCH3 is 1. The molecule has 0 aliphatic heterocycles. The van der Waals surface area contributed by atoms with Gasteiger partial charge in [-0.05, 0) is 25.1 Å². The van der Waals surface area contributed by atoms with Crippen LogP contribution in [0.2, 0.25) is 0 Å². The number of carbonyl (C=O) groups is 1. The van der Waals surface area contributed by atoms with Gasteiger partial charge in [-0.1, -0.05) is 6.07 Å². The number of rotatable bonds is 6. The number of halogens is 1. The molecule has 1 aromatic rings. The van der Waals surface area contributed by atoms with Crippen LogP contribution in [0, 0.1) is 5.82 Å². The standard InChI is InChI=1S/C12H17FN2O2/c1-9(8-17-2)14-7-12(16)15-11-5-3-4-10(13)6-11/h3-6,9,14H,7-8H2,1-2H3,(H,15,16). The first-order valence-electron chi connectivity index (χ1n) is 5.39. The summed E-state index contributed by atoms with van der Waals surface area (Å²) >= 11 is 0. The van der Waals surface area contributed by atoms with Crippen molar-refractivity contribution in [2.75, 3.05) is 25.6 Å². The van der Waals surface area contributed by atoms with Gasteiger partial charge in [-0.3, -0.25) is 4.79 Å². The van der Waals surface area contributed by atoms with Crippen LogP contribution in [0.25, 0.3) is 0 Å². The van der Waals surface area contributed by atoms with Crippen LogP contribution in [0.4, 0.5) is 10.1 Å². The summed E-state index contributed by atoms with van der Waals surface area (Å²) in [4.78, 5) is 11.5. The van der Waals surface area contributed by atoms with Gasteiger partial charge in [0.1, 0.15) is 5.82 Å². The number of benzene rings is 1. The summed E-state index contributed by atoms with van der Waals surface area (Å²) in [5.74, 6) is -0.581. The quantitative estimate of drug-likeness (QED) is 0.790. The second-order valence-electron chi connectivity index (χ2n) is 3.80. The van der Waals surface area contributed by atoms with Crippen molar-refractivity contribution in [2.24, 2.45) is 0 Å². The van der Waals surface area contributed by atoms with Gasteiger partial charge in [-0.2, -0.15) is 0 Å². The van der Waals surface area contributed by atoms with Crippen molar-refractivity contribution >= 4 is 11.6 Å². The highest BCUT2D eigenvalue weighted by atomic mass is 19.1. The Balaban J connectivity index is 2.34. The Morgan fingerprint density at radius 1 is 1.53 bits per heavy atom. The zero-order valence-corrected chi connectivity index (χ0v) is 10.00. The van der Waals surface area contributed by atoms with Gasteiger partial charge < -0.3 is 15.4 Å². The molecule has 0 aliphatic carbocycles. The first-order valence-corrected chi connectivity index (χ1v) is 5.39. The number of nitrogens with one attached hydrogen (secondary N) is 2. The average Bonchev–Trinajstić information content (AvgIpc) is 2.27. The van der Waals surface area contributed by atoms with Crippen molar-refractivity contribution in [3.05, 3.63) is 30.1 Å². The smallest absolute Gasteiger partial charge is 0.238 e. The summed E-state index contributed by atoms with van der Waals surface area (Å²) < 4.78 is 17.8. The van der Waals surface area contributed by atoms with Crippen LogP contribution >= 0.6 is 0 Å². The van der Waals surface area contributed by atoms with Crippen LogP contribution in [-0.2, 0) is 9.53 Å². The molecular weight excluding hydrogens is 223 g/mol. The number of anilines is 1. The third-order valence-electron chi connectivity index (χ3n) is 2.14. The van der Waals surface area contributed by atoms with E-state index in [1.807, 2.05) is 6.92 Å². The predicted octanol–water partition coefficient (Wildman–Crippen LogP) is 1.39. The van der Waals surface area contributed by atoms with E-state index in [0.717, 1.165) is 0 Å². The fraction of sp³-hybridized carbons (Fsp3) is 0.417. The predicted molar refractivity (Wildman–Crippen MR) is 64.4 cm³/mol. The van der Waals surface area contributed by atoms with Crippen LogP contribution in [0.3, 0.4) is 0 Å². The molecule has 0 heterocycles. The molecule has 0 radical (unpaired) electrons. The van der Waals surface area contributed by atoms with Crippen LogP contribution in [0.1, 0.15) is 6.92 Å². The highest BCUT2D eigenvalue weighted by Gasteiger charge is 2.05. The van der Waals surface area contributed by atoms with Gasteiger partial charge in [0.2, 0.25) is 5.91 Å². The van der Waals surface area contributed by atoms with Gasteiger partial charge in [0.05, 0.1) is 13.2 Å². The van der Waals surface area contributed by atoms with E-state index < -0.39 is 0 Å². The summed E-state index contributed by atoms with van der Waals surface area (Å²) in [6.45, 7) is 2.62. The van der Waals surface area contributed by atoms with Crippen molar-refractivity contribution in [1.82, 2.24) is 5.32 Å². The summed E-state index contributed by atoms with van der Waals surface area (Å²) in [5, 5.41) is 5.59. The maximum atomic E-state index is 12.8. The van der Waals surface area contributed by atoms with Gasteiger partial charge in [0, 0.05) is 18.8 Å². The van der Waals surface area contributed by atoms with Gasteiger partial charge in [-0.25, -0.2) is 4.39 Å². The van der Waals surface area contributed by atoms with Crippen LogP contribution in [-0.4, -0.2) is 32.2 Å². The highest BCUT2D eigenvalue weighted by Crippen LogP contribution is 2.08. The molecule has 5 heteroatoms. The molecule has 4 nitrogen and oxygen atoms in total. The number of ether oxygens (including phenoxy) is 1. The van der Waals surface area contributed by atoms with Gasteiger partial charge in [0.15, 0.2) is 0 Å². The number of carbonyl (C=O) groups excluding carboxylic acids is 1. The van der Waals surface area contributed by atoms with Gasteiger partial charge >= 0.3 is 0 Å². The van der Waals surface area contributed by atoms with Crippen LogP contribution in [0.15, 0.2) is 24.3 Å². The van der Waals surface area contributed by atoms with E-state index in [1.165, 1.54) is 12.1 Å². The first kappa shape index (κ1) is 13.6. The third kappa shape index (κ3) is 5.42. The molecule has 0 spiro atoms. The van der Waals surface area contributed by atoms with Crippen molar-refractivity contribution in [3.63, 3.8) is 0 Å². The highest BCUT2D eigenvalue weighted by molar-refractivity contribution is 5.92. The molecule has 1 amide bonds. The van der Waals surface area contributed by atoms with Gasteiger partial charge in [0.25, 0.3) is 0 Å². The van der Waals surface area contributed by atoms with Crippen molar-refractivity contribution in [2.45, 2.75) is 13.0 Å². The molecule has 1 atom stereocenters. The van der Waals surface area contributed by atoms with Crippen LogP contribution in [0.5, 0.6) is 0 Å². The monoisotopic (exact) mass is 240 g/mol. The molecule has 0 saturated carbocycles. The van der Waals surface area contributed by atoms with Gasteiger partial charge in [-0.15, -0.1) is 0 Å². The first-order chi connectivity index (χ1) is 8.11. The van der Waals surface area contributed by atoms with E-state index >= 15 is 0 Å². The Morgan fingerprint density at radius 3 is 2.94 bits per heavy atom. The fourth-order valence-electron chi connectivity index (χ4n) is 1.35. The lowest BCUT2D eigenvalue weighted by Crippen LogP contribution is -2.36. The van der Waals surface area contributed by atoms with E-state index in [0.29, 0.717) is 12.3 Å². The second-order valence-corrected chi connectivity index (χ2v) is 3.80. The molecule has 1 unspecified atom stereocenters.